The van der Waals surface area contributed by atoms with Gasteiger partial charge >= 0.3 is 0 Å². The molecule has 0 saturated heterocycles. The Morgan fingerprint density at radius 1 is 0.900 bits per heavy atom. The first-order valence-electron chi connectivity index (χ1n) is 7.28. The van der Waals surface area contributed by atoms with Crippen molar-refractivity contribution in [3.05, 3.63) is 52.7 Å². The molecule has 0 spiro atoms. The van der Waals surface area contributed by atoms with Gasteiger partial charge in [-0.2, -0.15) is 0 Å². The lowest BCUT2D eigenvalue weighted by molar-refractivity contribution is -0.661. The van der Waals surface area contributed by atoms with E-state index in [1.165, 1.54) is 33.5 Å². The molecule has 0 aliphatic heterocycles. The Labute approximate surface area is 123 Å². The van der Waals surface area contributed by atoms with Gasteiger partial charge in [0.25, 0.3) is 0 Å². The Hall–Kier alpha value is -1.63. The molecule has 0 N–H and O–H groups in total. The van der Waals surface area contributed by atoms with Crippen molar-refractivity contribution < 1.29 is 4.57 Å². The number of rotatable bonds is 1. The third kappa shape index (κ3) is 2.77. The van der Waals surface area contributed by atoms with Gasteiger partial charge in [-0.1, -0.05) is 32.9 Å². The molecule has 0 fully saturated rings. The summed E-state index contributed by atoms with van der Waals surface area (Å²) < 4.78 is 2.25. The van der Waals surface area contributed by atoms with Crippen LogP contribution in [0.25, 0.3) is 11.3 Å². The van der Waals surface area contributed by atoms with Crippen molar-refractivity contribution in [3.8, 4) is 11.3 Å². The second kappa shape index (κ2) is 5.05. The van der Waals surface area contributed by atoms with Crippen LogP contribution in [-0.4, -0.2) is 0 Å². The molecule has 2 aromatic rings. The fourth-order valence-electron chi connectivity index (χ4n) is 2.84. The molecule has 0 atom stereocenters. The summed E-state index contributed by atoms with van der Waals surface area (Å²) >= 11 is 0. The van der Waals surface area contributed by atoms with Crippen LogP contribution in [0, 0.1) is 20.8 Å². The molecule has 1 heteroatoms. The van der Waals surface area contributed by atoms with Gasteiger partial charge in [0, 0.05) is 16.7 Å². The first-order chi connectivity index (χ1) is 9.20. The second-order valence-corrected chi connectivity index (χ2v) is 6.94. The summed E-state index contributed by atoms with van der Waals surface area (Å²) in [5.41, 5.74) is 8.20. The van der Waals surface area contributed by atoms with Crippen LogP contribution in [0.3, 0.4) is 0 Å². The summed E-state index contributed by atoms with van der Waals surface area (Å²) in [7, 11) is 2.14. The normalized spacial score (nSPS) is 11.8. The van der Waals surface area contributed by atoms with Crippen LogP contribution < -0.4 is 4.57 Å². The Kier molecular flexibility index (Phi) is 3.73. The van der Waals surface area contributed by atoms with Gasteiger partial charge < -0.3 is 0 Å². The predicted molar refractivity (Wildman–Crippen MR) is 86.0 cm³/mol. The number of hydrogen-bond acceptors (Lipinski definition) is 0. The predicted octanol–water partition coefficient (Wildman–Crippen LogP) is 4.40. The van der Waals surface area contributed by atoms with E-state index in [4.69, 9.17) is 0 Å². The summed E-state index contributed by atoms with van der Waals surface area (Å²) in [6.07, 6.45) is 2.20. The summed E-state index contributed by atoms with van der Waals surface area (Å²) in [5, 5.41) is 0. The average Bonchev–Trinajstić information content (AvgIpc) is 2.28. The van der Waals surface area contributed by atoms with Gasteiger partial charge in [-0.25, -0.2) is 4.57 Å². The van der Waals surface area contributed by atoms with Crippen molar-refractivity contribution in [3.63, 3.8) is 0 Å². The minimum Gasteiger partial charge on any atom is -0.201 e. The monoisotopic (exact) mass is 268 g/mol. The molecule has 0 bridgehead atoms. The lowest BCUT2D eigenvalue weighted by Gasteiger charge is -2.20. The van der Waals surface area contributed by atoms with Gasteiger partial charge in [-0.15, -0.1) is 0 Å². The zero-order valence-corrected chi connectivity index (χ0v) is 13.8. The van der Waals surface area contributed by atoms with Crippen LogP contribution in [0.2, 0.25) is 0 Å². The average molecular weight is 268 g/mol. The lowest BCUT2D eigenvalue weighted by Crippen LogP contribution is -2.32. The summed E-state index contributed by atoms with van der Waals surface area (Å²) in [5.74, 6) is 0. The largest absolute Gasteiger partial charge is 0.215 e. The van der Waals surface area contributed by atoms with E-state index in [2.05, 4.69) is 83.6 Å². The highest BCUT2D eigenvalue weighted by molar-refractivity contribution is 5.65. The van der Waals surface area contributed by atoms with Gasteiger partial charge in [-0.05, 0) is 49.4 Å². The first kappa shape index (κ1) is 14.8. The number of nitrogens with zero attached hydrogens (tertiary/aromatic N) is 1. The molecule has 20 heavy (non-hydrogen) atoms. The molecule has 0 radical (unpaired) electrons. The van der Waals surface area contributed by atoms with Crippen molar-refractivity contribution in [2.45, 2.75) is 47.0 Å². The zero-order valence-electron chi connectivity index (χ0n) is 13.8. The number of hydrogen-bond donors (Lipinski definition) is 0. The van der Waals surface area contributed by atoms with Gasteiger partial charge in [0.2, 0.25) is 5.69 Å². The zero-order chi connectivity index (χ0) is 15.1. The molecule has 1 aromatic carbocycles. The lowest BCUT2D eigenvalue weighted by atomic mass is 9.84. The molecule has 0 unspecified atom stereocenters. The van der Waals surface area contributed by atoms with Crippen molar-refractivity contribution in [2.75, 3.05) is 0 Å². The Bertz CT molecular complexity index is 622. The van der Waals surface area contributed by atoms with Crippen molar-refractivity contribution >= 4 is 0 Å². The Balaban J connectivity index is 2.70. The van der Waals surface area contributed by atoms with Crippen molar-refractivity contribution in [2.24, 2.45) is 7.05 Å². The minimum absolute atomic E-state index is 0.180. The quantitative estimate of drug-likeness (QED) is 0.675. The number of aromatic nitrogens is 1. The van der Waals surface area contributed by atoms with E-state index in [0.717, 1.165) is 0 Å². The van der Waals surface area contributed by atoms with E-state index >= 15 is 0 Å². The van der Waals surface area contributed by atoms with Crippen LogP contribution in [0.5, 0.6) is 0 Å². The van der Waals surface area contributed by atoms with Gasteiger partial charge in [0.05, 0.1) is 0 Å². The van der Waals surface area contributed by atoms with E-state index in [1.54, 1.807) is 0 Å². The van der Waals surface area contributed by atoms with E-state index in [9.17, 15) is 0 Å². The molecule has 0 saturated carbocycles. The molecule has 1 nitrogen and oxygen atoms in total. The Morgan fingerprint density at radius 2 is 1.55 bits per heavy atom. The van der Waals surface area contributed by atoms with Crippen LogP contribution in [0.4, 0.5) is 0 Å². The van der Waals surface area contributed by atoms with Crippen LogP contribution in [0.15, 0.2) is 30.5 Å². The minimum atomic E-state index is 0.180. The number of aryl methyl sites for hydroxylation is 4. The summed E-state index contributed by atoms with van der Waals surface area (Å²) in [6, 6.07) is 9.11. The highest BCUT2D eigenvalue weighted by Gasteiger charge is 2.20. The molecule has 0 aliphatic carbocycles. The highest BCUT2D eigenvalue weighted by Crippen LogP contribution is 2.30. The molecule has 1 heterocycles. The SMILES string of the molecule is Cc1cc(C)c(-c2cc(C(C)(C)C)ccc2C)[n+](C)c1. The van der Waals surface area contributed by atoms with Crippen LogP contribution in [-0.2, 0) is 12.5 Å². The maximum Gasteiger partial charge on any atom is 0.215 e. The fourth-order valence-corrected chi connectivity index (χ4v) is 2.84. The van der Waals surface area contributed by atoms with Crippen LogP contribution >= 0.6 is 0 Å². The third-order valence-electron chi connectivity index (χ3n) is 3.93. The topological polar surface area (TPSA) is 3.88 Å². The van der Waals surface area contributed by atoms with Gasteiger partial charge in [0.15, 0.2) is 6.20 Å². The second-order valence-electron chi connectivity index (χ2n) is 6.94. The molecular weight excluding hydrogens is 242 g/mol. The van der Waals surface area contributed by atoms with E-state index in [-0.39, 0.29) is 5.41 Å². The Morgan fingerprint density at radius 3 is 2.10 bits per heavy atom. The molecule has 0 amide bonds. The number of benzene rings is 1. The van der Waals surface area contributed by atoms with E-state index < -0.39 is 0 Å². The molecular formula is C19H26N+. The molecule has 1 aromatic heterocycles. The van der Waals surface area contributed by atoms with Gasteiger partial charge in [0.1, 0.15) is 7.05 Å². The molecule has 106 valence electrons. The highest BCUT2D eigenvalue weighted by atomic mass is 14.9. The smallest absolute Gasteiger partial charge is 0.201 e. The summed E-state index contributed by atoms with van der Waals surface area (Å²) in [6.45, 7) is 13.3. The van der Waals surface area contributed by atoms with Crippen LogP contribution in [0.1, 0.15) is 43.0 Å². The fraction of sp³-hybridized carbons (Fsp3) is 0.421. The van der Waals surface area contributed by atoms with E-state index in [0.29, 0.717) is 0 Å². The standard InChI is InChI=1S/C19H26N/c1-13-10-15(3)18(20(7)12-13)17-11-16(19(4,5)6)9-8-14(17)2/h8-12H,1-7H3/q+1. The maximum atomic E-state index is 2.35. The maximum absolute atomic E-state index is 2.35. The molecule has 0 aliphatic rings. The first-order valence-corrected chi connectivity index (χ1v) is 7.28. The van der Waals surface area contributed by atoms with Crippen molar-refractivity contribution in [1.82, 2.24) is 0 Å². The van der Waals surface area contributed by atoms with Crippen molar-refractivity contribution in [1.29, 1.82) is 0 Å². The molecule has 2 rings (SSSR count). The third-order valence-corrected chi connectivity index (χ3v) is 3.93. The number of pyridine rings is 1. The summed E-state index contributed by atoms with van der Waals surface area (Å²) in [4.78, 5) is 0. The van der Waals surface area contributed by atoms with E-state index in [1.807, 2.05) is 0 Å². The van der Waals surface area contributed by atoms with Gasteiger partial charge in [-0.3, -0.25) is 0 Å².